The molecule has 2 atom stereocenters. The molecular weight excluding hydrogens is 314 g/mol. The van der Waals surface area contributed by atoms with Crippen LogP contribution in [0.1, 0.15) is 31.9 Å². The molecule has 134 valence electrons. The third-order valence-electron chi connectivity index (χ3n) is 3.42. The van der Waals surface area contributed by atoms with Crippen LogP contribution in [-0.4, -0.2) is 53.5 Å². The molecule has 0 saturated heterocycles. The minimum absolute atomic E-state index is 0.238. The van der Waals surface area contributed by atoms with E-state index in [9.17, 15) is 14.4 Å². The summed E-state index contributed by atoms with van der Waals surface area (Å²) in [4.78, 5) is 42.4. The van der Waals surface area contributed by atoms with Crippen molar-refractivity contribution in [1.29, 1.82) is 0 Å². The maximum atomic E-state index is 12.5. The fourth-order valence-corrected chi connectivity index (χ4v) is 2.23. The van der Waals surface area contributed by atoms with E-state index in [1.807, 2.05) is 0 Å². The Labute approximate surface area is 140 Å². The number of hydrogen-bond donors (Lipinski definition) is 4. The van der Waals surface area contributed by atoms with E-state index in [1.165, 1.54) is 20.4 Å². The van der Waals surface area contributed by atoms with Gasteiger partial charge < -0.3 is 26.1 Å². The molecule has 9 nitrogen and oxygen atoms in total. The van der Waals surface area contributed by atoms with Crippen LogP contribution in [0.15, 0.2) is 12.5 Å². The molecule has 0 unspecified atom stereocenters. The number of aromatic nitrogens is 2. The Hall–Kier alpha value is -2.42. The number of ether oxygens (including phenoxy) is 1. The van der Waals surface area contributed by atoms with E-state index < -0.39 is 24.0 Å². The third kappa shape index (κ3) is 6.78. The number of nitrogens with zero attached hydrogens (tertiary/aromatic N) is 1. The smallest absolute Gasteiger partial charge is 0.328 e. The first-order valence-electron chi connectivity index (χ1n) is 7.80. The average molecular weight is 339 g/mol. The maximum Gasteiger partial charge on any atom is 0.328 e. The molecular formula is C15H25N5O4. The van der Waals surface area contributed by atoms with Gasteiger partial charge in [0.05, 0.1) is 13.4 Å². The number of nitrogens with two attached hydrogens (primary N) is 1. The van der Waals surface area contributed by atoms with Crippen molar-refractivity contribution in [3.8, 4) is 0 Å². The normalized spacial score (nSPS) is 13.0. The minimum atomic E-state index is -0.815. The fourth-order valence-electron chi connectivity index (χ4n) is 2.23. The van der Waals surface area contributed by atoms with Crippen molar-refractivity contribution in [2.24, 2.45) is 5.73 Å². The molecule has 0 aliphatic heterocycles. The summed E-state index contributed by atoms with van der Waals surface area (Å²) < 4.78 is 4.72. The molecule has 0 saturated carbocycles. The van der Waals surface area contributed by atoms with Crippen LogP contribution in [0.5, 0.6) is 0 Å². The molecule has 0 bridgehead atoms. The first-order chi connectivity index (χ1) is 11.5. The molecule has 1 aromatic heterocycles. The first-order valence-corrected chi connectivity index (χ1v) is 7.80. The van der Waals surface area contributed by atoms with E-state index >= 15 is 0 Å². The predicted molar refractivity (Wildman–Crippen MR) is 86.7 cm³/mol. The molecule has 0 aromatic carbocycles. The lowest BCUT2D eigenvalue weighted by Gasteiger charge is -2.21. The van der Waals surface area contributed by atoms with Gasteiger partial charge in [0.2, 0.25) is 11.8 Å². The highest BCUT2D eigenvalue weighted by atomic mass is 16.5. The third-order valence-corrected chi connectivity index (χ3v) is 3.42. The minimum Gasteiger partial charge on any atom is -0.467 e. The molecule has 24 heavy (non-hydrogen) atoms. The molecule has 1 rings (SSSR count). The number of unbranched alkanes of at least 4 members (excludes halogenated alkanes) is 1. The Morgan fingerprint density at radius 2 is 2.04 bits per heavy atom. The first kappa shape index (κ1) is 19.6. The van der Waals surface area contributed by atoms with Crippen LogP contribution in [0, 0.1) is 0 Å². The summed E-state index contributed by atoms with van der Waals surface area (Å²) in [5.41, 5.74) is 6.14. The van der Waals surface area contributed by atoms with Gasteiger partial charge >= 0.3 is 5.97 Å². The fraction of sp³-hybridized carbons (Fsp3) is 0.600. The van der Waals surface area contributed by atoms with Crippen LogP contribution in [0.2, 0.25) is 0 Å². The topological polar surface area (TPSA) is 139 Å². The van der Waals surface area contributed by atoms with Gasteiger partial charge in [0, 0.05) is 25.2 Å². The number of aromatic amines is 1. The van der Waals surface area contributed by atoms with E-state index in [1.54, 1.807) is 6.20 Å². The van der Waals surface area contributed by atoms with Crippen LogP contribution in [0.3, 0.4) is 0 Å². The summed E-state index contributed by atoms with van der Waals surface area (Å²) in [6.07, 6.45) is 5.15. The van der Waals surface area contributed by atoms with Gasteiger partial charge in [-0.25, -0.2) is 9.78 Å². The number of nitrogens with one attached hydrogen (secondary N) is 3. The van der Waals surface area contributed by atoms with Gasteiger partial charge in [-0.15, -0.1) is 0 Å². The standard InChI is InChI=1S/C15H25N5O4/c1-10(21)19-13(7-11-8-17-9-18-11)14(22)20-12(15(23)24-2)5-3-4-6-16/h8-9,12-13H,3-7,16H2,1-2H3,(H,17,18)(H,19,21)(H,20,22)/t12-,13-/m0/s1. The van der Waals surface area contributed by atoms with Gasteiger partial charge in [-0.05, 0) is 25.8 Å². The predicted octanol–water partition coefficient (Wildman–Crippen LogP) is -0.756. The molecule has 2 amide bonds. The zero-order chi connectivity index (χ0) is 17.9. The Morgan fingerprint density at radius 1 is 1.29 bits per heavy atom. The number of H-pyrrole nitrogens is 1. The summed E-state index contributed by atoms with van der Waals surface area (Å²) in [6, 6.07) is -1.59. The van der Waals surface area contributed by atoms with Crippen LogP contribution < -0.4 is 16.4 Å². The van der Waals surface area contributed by atoms with Gasteiger partial charge in [0.15, 0.2) is 0 Å². The number of hydrogen-bond acceptors (Lipinski definition) is 6. The Kier molecular flexibility index (Phi) is 8.48. The zero-order valence-electron chi connectivity index (χ0n) is 14.0. The Balaban J connectivity index is 2.74. The van der Waals surface area contributed by atoms with Crippen molar-refractivity contribution < 1.29 is 19.1 Å². The SMILES string of the molecule is COC(=O)[C@H](CCCCN)NC(=O)[C@H](Cc1cnc[nH]1)NC(C)=O. The number of rotatable bonds is 10. The van der Waals surface area contributed by atoms with Gasteiger partial charge in [-0.2, -0.15) is 0 Å². The van der Waals surface area contributed by atoms with Gasteiger partial charge in [0.25, 0.3) is 0 Å². The van der Waals surface area contributed by atoms with Gasteiger partial charge in [0.1, 0.15) is 12.1 Å². The second-order valence-corrected chi connectivity index (χ2v) is 5.40. The molecule has 0 spiro atoms. The van der Waals surface area contributed by atoms with E-state index in [2.05, 4.69) is 20.6 Å². The molecule has 0 aliphatic rings. The maximum absolute atomic E-state index is 12.5. The second-order valence-electron chi connectivity index (χ2n) is 5.40. The Bertz CT molecular complexity index is 532. The average Bonchev–Trinajstić information content (AvgIpc) is 3.05. The highest BCUT2D eigenvalue weighted by Gasteiger charge is 2.26. The van der Waals surface area contributed by atoms with Crippen molar-refractivity contribution in [3.05, 3.63) is 18.2 Å². The second kappa shape index (κ2) is 10.4. The molecule has 1 aromatic rings. The van der Waals surface area contributed by atoms with Crippen LogP contribution in [-0.2, 0) is 25.5 Å². The van der Waals surface area contributed by atoms with Crippen LogP contribution >= 0.6 is 0 Å². The largest absolute Gasteiger partial charge is 0.467 e. The van der Waals surface area contributed by atoms with E-state index in [4.69, 9.17) is 10.5 Å². The molecule has 5 N–H and O–H groups in total. The van der Waals surface area contributed by atoms with Crippen molar-refractivity contribution >= 4 is 17.8 Å². The van der Waals surface area contributed by atoms with Crippen molar-refractivity contribution in [1.82, 2.24) is 20.6 Å². The molecule has 9 heteroatoms. The monoisotopic (exact) mass is 339 g/mol. The lowest BCUT2D eigenvalue weighted by atomic mass is 10.1. The lowest BCUT2D eigenvalue weighted by Crippen LogP contribution is -2.52. The number of methoxy groups -OCH3 is 1. The number of carbonyl (C=O) groups is 3. The van der Waals surface area contributed by atoms with Crippen molar-refractivity contribution in [2.45, 2.75) is 44.7 Å². The number of esters is 1. The van der Waals surface area contributed by atoms with Crippen LogP contribution in [0.25, 0.3) is 0 Å². The summed E-state index contributed by atoms with van der Waals surface area (Å²) >= 11 is 0. The van der Waals surface area contributed by atoms with Crippen LogP contribution in [0.4, 0.5) is 0 Å². The number of carbonyl (C=O) groups excluding carboxylic acids is 3. The molecule has 0 fully saturated rings. The highest BCUT2D eigenvalue weighted by molar-refractivity contribution is 5.90. The quantitative estimate of drug-likeness (QED) is 0.326. The Morgan fingerprint density at radius 3 is 2.58 bits per heavy atom. The summed E-state index contributed by atoms with van der Waals surface area (Å²) in [7, 11) is 1.26. The summed E-state index contributed by atoms with van der Waals surface area (Å²) in [6.45, 7) is 1.84. The lowest BCUT2D eigenvalue weighted by molar-refractivity contribution is -0.145. The summed E-state index contributed by atoms with van der Waals surface area (Å²) in [5.74, 6) is -1.32. The number of imidazole rings is 1. The van der Waals surface area contributed by atoms with E-state index in [0.29, 0.717) is 25.1 Å². The van der Waals surface area contributed by atoms with Gasteiger partial charge in [-0.3, -0.25) is 9.59 Å². The molecule has 0 aliphatic carbocycles. The van der Waals surface area contributed by atoms with Gasteiger partial charge in [-0.1, -0.05) is 0 Å². The van der Waals surface area contributed by atoms with E-state index in [0.717, 1.165) is 6.42 Å². The molecule has 0 radical (unpaired) electrons. The highest BCUT2D eigenvalue weighted by Crippen LogP contribution is 2.05. The van der Waals surface area contributed by atoms with E-state index in [-0.39, 0.29) is 12.3 Å². The van der Waals surface area contributed by atoms with Crippen molar-refractivity contribution in [3.63, 3.8) is 0 Å². The summed E-state index contributed by atoms with van der Waals surface area (Å²) in [5, 5.41) is 5.22. The molecule has 1 heterocycles. The zero-order valence-corrected chi connectivity index (χ0v) is 14.0. The number of amides is 2. The van der Waals surface area contributed by atoms with Crippen molar-refractivity contribution in [2.75, 3.05) is 13.7 Å².